The van der Waals surface area contributed by atoms with E-state index in [0.717, 1.165) is 19.3 Å². The minimum absolute atomic E-state index is 0.192. The predicted octanol–water partition coefficient (Wildman–Crippen LogP) is 2.45. The fourth-order valence-corrected chi connectivity index (χ4v) is 2.17. The van der Waals surface area contributed by atoms with Gasteiger partial charge in [-0.05, 0) is 18.9 Å². The highest BCUT2D eigenvalue weighted by atomic mass is 35.5. The van der Waals surface area contributed by atoms with E-state index >= 15 is 0 Å². The molecule has 2 rings (SSSR count). The smallest absolute Gasteiger partial charge is 0.166 e. The van der Waals surface area contributed by atoms with Crippen LogP contribution in [0.2, 0.25) is 5.02 Å². The van der Waals surface area contributed by atoms with Crippen LogP contribution in [0.5, 0.6) is 0 Å². The van der Waals surface area contributed by atoms with Gasteiger partial charge in [0, 0.05) is 18.7 Å². The normalized spacial score (nSPS) is 24.7. The second kappa shape index (κ2) is 4.97. The van der Waals surface area contributed by atoms with Gasteiger partial charge in [-0.3, -0.25) is 0 Å². The Kier molecular flexibility index (Phi) is 3.61. The quantitative estimate of drug-likeness (QED) is 0.859. The molecule has 1 fully saturated rings. The van der Waals surface area contributed by atoms with Gasteiger partial charge in [0.25, 0.3) is 0 Å². The second-order valence-electron chi connectivity index (χ2n) is 4.12. The van der Waals surface area contributed by atoms with Crippen LogP contribution < -0.4 is 5.32 Å². The third kappa shape index (κ3) is 2.62. The summed E-state index contributed by atoms with van der Waals surface area (Å²) in [4.78, 5) is 3.86. The Hall–Kier alpha value is -0.870. The summed E-state index contributed by atoms with van der Waals surface area (Å²) in [7, 11) is 0. The fourth-order valence-electron chi connectivity index (χ4n) is 2.03. The molecule has 0 radical (unpaired) electrons. The van der Waals surface area contributed by atoms with E-state index in [1.54, 1.807) is 0 Å². The topological polar surface area (TPSA) is 45.1 Å². The molecule has 0 spiro atoms. The monoisotopic (exact) mass is 244 g/mol. The number of halogens is 2. The zero-order valence-electron chi connectivity index (χ0n) is 8.79. The predicted molar refractivity (Wildman–Crippen MR) is 61.0 cm³/mol. The minimum atomic E-state index is -0.458. The minimum Gasteiger partial charge on any atom is -0.393 e. The first-order chi connectivity index (χ1) is 7.66. The molecule has 16 heavy (non-hydrogen) atoms. The molecule has 1 aliphatic rings. The highest BCUT2D eigenvalue weighted by Crippen LogP contribution is 2.26. The Balaban J connectivity index is 1.94. The van der Waals surface area contributed by atoms with Crippen molar-refractivity contribution in [1.29, 1.82) is 0 Å². The van der Waals surface area contributed by atoms with E-state index in [-0.39, 0.29) is 22.9 Å². The summed E-state index contributed by atoms with van der Waals surface area (Å²) in [6.07, 6.45) is 3.97. The largest absolute Gasteiger partial charge is 0.393 e. The molecule has 0 aliphatic heterocycles. The molecule has 2 unspecified atom stereocenters. The molecule has 5 heteroatoms. The molecular formula is C11H14ClFN2O. The van der Waals surface area contributed by atoms with Crippen LogP contribution >= 0.6 is 11.6 Å². The van der Waals surface area contributed by atoms with Gasteiger partial charge in [0.1, 0.15) is 0 Å². The van der Waals surface area contributed by atoms with E-state index in [4.69, 9.17) is 11.6 Å². The fraction of sp³-hybridized carbons (Fsp3) is 0.545. The molecule has 2 N–H and O–H groups in total. The molecule has 1 saturated carbocycles. The van der Waals surface area contributed by atoms with Gasteiger partial charge in [-0.2, -0.15) is 0 Å². The highest BCUT2D eigenvalue weighted by molar-refractivity contribution is 6.30. The van der Waals surface area contributed by atoms with E-state index < -0.39 is 5.82 Å². The SMILES string of the molecule is OC1CCCC1CNc1ncc(Cl)cc1F. The maximum atomic E-state index is 13.3. The molecule has 0 amide bonds. The number of rotatable bonds is 3. The van der Waals surface area contributed by atoms with Gasteiger partial charge in [-0.15, -0.1) is 0 Å². The summed E-state index contributed by atoms with van der Waals surface area (Å²) in [5.41, 5.74) is 0. The van der Waals surface area contributed by atoms with Gasteiger partial charge in [-0.25, -0.2) is 9.37 Å². The maximum absolute atomic E-state index is 13.3. The average molecular weight is 245 g/mol. The molecule has 1 aromatic heterocycles. The standard InChI is InChI=1S/C11H14ClFN2O/c12-8-4-9(13)11(15-6-8)14-5-7-2-1-3-10(7)16/h4,6-7,10,16H,1-3,5H2,(H,14,15). The zero-order valence-corrected chi connectivity index (χ0v) is 9.54. The van der Waals surface area contributed by atoms with Crippen molar-refractivity contribution in [3.63, 3.8) is 0 Å². The summed E-state index contributed by atoms with van der Waals surface area (Å²) in [6.45, 7) is 0.548. The van der Waals surface area contributed by atoms with Gasteiger partial charge < -0.3 is 10.4 Å². The summed E-state index contributed by atoms with van der Waals surface area (Å²) in [5.74, 6) is -0.0691. The Morgan fingerprint density at radius 1 is 1.56 bits per heavy atom. The van der Waals surface area contributed by atoms with Crippen LogP contribution in [0, 0.1) is 11.7 Å². The van der Waals surface area contributed by atoms with Crippen molar-refractivity contribution in [3.05, 3.63) is 23.1 Å². The van der Waals surface area contributed by atoms with Crippen LogP contribution in [-0.2, 0) is 0 Å². The van der Waals surface area contributed by atoms with Gasteiger partial charge in [-0.1, -0.05) is 18.0 Å². The van der Waals surface area contributed by atoms with Crippen molar-refractivity contribution in [1.82, 2.24) is 4.98 Å². The summed E-state index contributed by atoms with van der Waals surface area (Å²) >= 11 is 5.60. The third-order valence-corrected chi connectivity index (χ3v) is 3.17. The molecule has 1 aliphatic carbocycles. The van der Waals surface area contributed by atoms with Crippen molar-refractivity contribution >= 4 is 17.4 Å². The van der Waals surface area contributed by atoms with E-state index in [1.165, 1.54) is 12.3 Å². The molecule has 3 nitrogen and oxygen atoms in total. The van der Waals surface area contributed by atoms with E-state index in [2.05, 4.69) is 10.3 Å². The Morgan fingerprint density at radius 3 is 3.00 bits per heavy atom. The van der Waals surface area contributed by atoms with E-state index in [0.29, 0.717) is 6.54 Å². The zero-order chi connectivity index (χ0) is 11.5. The maximum Gasteiger partial charge on any atom is 0.166 e. The molecule has 88 valence electrons. The number of aromatic nitrogens is 1. The molecule has 0 saturated heterocycles. The first kappa shape index (κ1) is 11.6. The number of pyridine rings is 1. The molecule has 1 heterocycles. The van der Waals surface area contributed by atoms with Gasteiger partial charge in [0.05, 0.1) is 11.1 Å². The van der Waals surface area contributed by atoms with Gasteiger partial charge in [0.2, 0.25) is 0 Å². The lowest BCUT2D eigenvalue weighted by molar-refractivity contribution is 0.138. The van der Waals surface area contributed by atoms with Crippen molar-refractivity contribution in [2.24, 2.45) is 5.92 Å². The van der Waals surface area contributed by atoms with Gasteiger partial charge >= 0.3 is 0 Å². The number of nitrogens with zero attached hydrogens (tertiary/aromatic N) is 1. The van der Waals surface area contributed by atoms with Crippen LogP contribution in [-0.4, -0.2) is 22.7 Å². The van der Waals surface area contributed by atoms with Crippen LogP contribution in [0.3, 0.4) is 0 Å². The highest BCUT2D eigenvalue weighted by Gasteiger charge is 2.25. The van der Waals surface area contributed by atoms with E-state index in [9.17, 15) is 9.50 Å². The second-order valence-corrected chi connectivity index (χ2v) is 4.56. The van der Waals surface area contributed by atoms with Crippen molar-refractivity contribution < 1.29 is 9.50 Å². The number of hydrogen-bond donors (Lipinski definition) is 2. The first-order valence-corrected chi connectivity index (χ1v) is 5.77. The summed E-state index contributed by atoms with van der Waals surface area (Å²) < 4.78 is 13.3. The summed E-state index contributed by atoms with van der Waals surface area (Å²) in [6, 6.07) is 1.22. The first-order valence-electron chi connectivity index (χ1n) is 5.40. The average Bonchev–Trinajstić information content (AvgIpc) is 2.63. The number of nitrogens with one attached hydrogen (secondary N) is 1. The Morgan fingerprint density at radius 2 is 2.38 bits per heavy atom. The number of anilines is 1. The van der Waals surface area contributed by atoms with Crippen LogP contribution in [0.4, 0.5) is 10.2 Å². The van der Waals surface area contributed by atoms with Crippen LogP contribution in [0.25, 0.3) is 0 Å². The number of aliphatic hydroxyl groups excluding tert-OH is 1. The molecule has 0 aromatic carbocycles. The lowest BCUT2D eigenvalue weighted by Gasteiger charge is -2.15. The third-order valence-electron chi connectivity index (χ3n) is 2.96. The Labute approximate surface area is 98.6 Å². The molecular weight excluding hydrogens is 231 g/mol. The molecule has 1 aromatic rings. The molecule has 2 atom stereocenters. The lowest BCUT2D eigenvalue weighted by Crippen LogP contribution is -2.22. The molecule has 0 bridgehead atoms. The van der Waals surface area contributed by atoms with Crippen LogP contribution in [0.1, 0.15) is 19.3 Å². The number of aliphatic hydroxyl groups is 1. The Bertz CT molecular complexity index is 375. The number of hydrogen-bond acceptors (Lipinski definition) is 3. The van der Waals surface area contributed by atoms with Crippen molar-refractivity contribution in [3.8, 4) is 0 Å². The lowest BCUT2D eigenvalue weighted by atomic mass is 10.1. The van der Waals surface area contributed by atoms with Crippen LogP contribution in [0.15, 0.2) is 12.3 Å². The van der Waals surface area contributed by atoms with Crippen molar-refractivity contribution in [2.45, 2.75) is 25.4 Å². The van der Waals surface area contributed by atoms with Gasteiger partial charge in [0.15, 0.2) is 11.6 Å². The van der Waals surface area contributed by atoms with Crippen molar-refractivity contribution in [2.75, 3.05) is 11.9 Å². The van der Waals surface area contributed by atoms with E-state index in [1.807, 2.05) is 0 Å². The summed E-state index contributed by atoms with van der Waals surface area (Å²) in [5, 5.41) is 12.8.